The zero-order chi connectivity index (χ0) is 10.8. The molecule has 0 bridgehead atoms. The lowest BCUT2D eigenvalue weighted by Crippen LogP contribution is -1.97. The SMILES string of the molecule is Cc1ccc(C(O)c2sccc2Cl)cc1. The van der Waals surface area contributed by atoms with Gasteiger partial charge in [0.15, 0.2) is 0 Å². The van der Waals surface area contributed by atoms with Crippen molar-refractivity contribution in [2.24, 2.45) is 0 Å². The van der Waals surface area contributed by atoms with Gasteiger partial charge < -0.3 is 5.11 Å². The van der Waals surface area contributed by atoms with Crippen molar-refractivity contribution in [3.63, 3.8) is 0 Å². The molecule has 1 aromatic heterocycles. The van der Waals surface area contributed by atoms with E-state index in [1.807, 2.05) is 36.6 Å². The van der Waals surface area contributed by atoms with Crippen LogP contribution in [-0.4, -0.2) is 5.11 Å². The Labute approximate surface area is 98.0 Å². The van der Waals surface area contributed by atoms with Crippen molar-refractivity contribution in [3.8, 4) is 0 Å². The second kappa shape index (κ2) is 4.35. The van der Waals surface area contributed by atoms with Crippen molar-refractivity contribution in [1.82, 2.24) is 0 Å². The third-order valence-corrected chi connectivity index (χ3v) is 3.70. The molecule has 1 unspecified atom stereocenters. The average Bonchev–Trinajstić information content (AvgIpc) is 2.65. The zero-order valence-electron chi connectivity index (χ0n) is 8.27. The van der Waals surface area contributed by atoms with E-state index in [4.69, 9.17) is 11.6 Å². The predicted octanol–water partition coefficient (Wildman–Crippen LogP) is 3.79. The summed E-state index contributed by atoms with van der Waals surface area (Å²) in [7, 11) is 0. The molecule has 1 aromatic carbocycles. The highest BCUT2D eigenvalue weighted by molar-refractivity contribution is 7.10. The van der Waals surface area contributed by atoms with E-state index in [1.54, 1.807) is 6.07 Å². The predicted molar refractivity (Wildman–Crippen MR) is 64.6 cm³/mol. The first-order chi connectivity index (χ1) is 7.18. The summed E-state index contributed by atoms with van der Waals surface area (Å²) in [4.78, 5) is 0.806. The van der Waals surface area contributed by atoms with Crippen LogP contribution in [0.4, 0.5) is 0 Å². The van der Waals surface area contributed by atoms with Crippen molar-refractivity contribution in [2.75, 3.05) is 0 Å². The minimum atomic E-state index is -0.613. The minimum Gasteiger partial charge on any atom is -0.383 e. The van der Waals surface area contributed by atoms with E-state index >= 15 is 0 Å². The summed E-state index contributed by atoms with van der Waals surface area (Å²) in [5.41, 5.74) is 2.06. The van der Waals surface area contributed by atoms with Gasteiger partial charge in [0.25, 0.3) is 0 Å². The van der Waals surface area contributed by atoms with Gasteiger partial charge in [0.05, 0.1) is 9.90 Å². The van der Waals surface area contributed by atoms with Crippen molar-refractivity contribution >= 4 is 22.9 Å². The number of hydrogen-bond acceptors (Lipinski definition) is 2. The van der Waals surface area contributed by atoms with E-state index in [1.165, 1.54) is 16.9 Å². The molecular weight excluding hydrogens is 228 g/mol. The number of aliphatic hydroxyl groups is 1. The number of hydrogen-bond donors (Lipinski definition) is 1. The van der Waals surface area contributed by atoms with Crippen LogP contribution in [0.5, 0.6) is 0 Å². The molecule has 0 amide bonds. The van der Waals surface area contributed by atoms with Crippen LogP contribution < -0.4 is 0 Å². The fourth-order valence-corrected chi connectivity index (χ4v) is 2.57. The first kappa shape index (κ1) is 10.7. The third-order valence-electron chi connectivity index (χ3n) is 2.29. The van der Waals surface area contributed by atoms with E-state index in [9.17, 15) is 5.11 Å². The molecule has 0 aliphatic carbocycles. The van der Waals surface area contributed by atoms with Crippen LogP contribution in [-0.2, 0) is 0 Å². The molecule has 1 atom stereocenters. The molecule has 0 saturated carbocycles. The Bertz CT molecular complexity index is 447. The van der Waals surface area contributed by atoms with E-state index in [2.05, 4.69) is 0 Å². The summed E-state index contributed by atoms with van der Waals surface area (Å²) in [6.07, 6.45) is -0.613. The quantitative estimate of drug-likeness (QED) is 0.844. The molecule has 0 fully saturated rings. The summed E-state index contributed by atoms with van der Waals surface area (Å²) in [6, 6.07) is 9.63. The minimum absolute atomic E-state index is 0.613. The molecule has 0 saturated heterocycles. The molecule has 78 valence electrons. The van der Waals surface area contributed by atoms with Crippen molar-refractivity contribution in [2.45, 2.75) is 13.0 Å². The van der Waals surface area contributed by atoms with Crippen LogP contribution in [0.2, 0.25) is 5.02 Å². The van der Waals surface area contributed by atoms with Crippen LogP contribution >= 0.6 is 22.9 Å². The molecule has 0 aliphatic rings. The van der Waals surface area contributed by atoms with Gasteiger partial charge in [0.2, 0.25) is 0 Å². The summed E-state index contributed by atoms with van der Waals surface area (Å²) >= 11 is 7.44. The number of benzene rings is 1. The standard InChI is InChI=1S/C12H11ClOS/c1-8-2-4-9(5-3-8)11(14)12-10(13)6-7-15-12/h2-7,11,14H,1H3. The number of aliphatic hydroxyl groups excluding tert-OH is 1. The largest absolute Gasteiger partial charge is 0.383 e. The molecule has 0 spiro atoms. The lowest BCUT2D eigenvalue weighted by Gasteiger charge is -2.09. The normalized spacial score (nSPS) is 12.7. The molecule has 0 radical (unpaired) electrons. The first-order valence-corrected chi connectivity index (χ1v) is 5.92. The second-order valence-electron chi connectivity index (χ2n) is 3.45. The maximum absolute atomic E-state index is 10.1. The second-order valence-corrected chi connectivity index (χ2v) is 4.80. The van der Waals surface area contributed by atoms with E-state index < -0.39 is 6.10 Å². The third kappa shape index (κ3) is 2.23. The molecule has 15 heavy (non-hydrogen) atoms. The van der Waals surface area contributed by atoms with Crippen LogP contribution in [0, 0.1) is 6.92 Å². The Morgan fingerprint density at radius 3 is 2.40 bits per heavy atom. The highest BCUT2D eigenvalue weighted by Gasteiger charge is 2.14. The van der Waals surface area contributed by atoms with E-state index in [0.717, 1.165) is 10.4 Å². The summed E-state index contributed by atoms with van der Waals surface area (Å²) in [5, 5.41) is 12.6. The molecule has 0 aliphatic heterocycles. The van der Waals surface area contributed by atoms with Gasteiger partial charge in [0.1, 0.15) is 6.10 Å². The Kier molecular flexibility index (Phi) is 3.10. The van der Waals surface area contributed by atoms with Crippen LogP contribution in [0.1, 0.15) is 22.1 Å². The Morgan fingerprint density at radius 1 is 1.20 bits per heavy atom. The summed E-state index contributed by atoms with van der Waals surface area (Å²) < 4.78 is 0. The highest BCUT2D eigenvalue weighted by Crippen LogP contribution is 2.32. The summed E-state index contributed by atoms with van der Waals surface area (Å²) in [5.74, 6) is 0. The van der Waals surface area contributed by atoms with E-state index in [0.29, 0.717) is 5.02 Å². The molecule has 1 nitrogen and oxygen atoms in total. The monoisotopic (exact) mass is 238 g/mol. The number of aryl methyl sites for hydroxylation is 1. The lowest BCUT2D eigenvalue weighted by molar-refractivity contribution is 0.224. The number of halogens is 1. The lowest BCUT2D eigenvalue weighted by atomic mass is 10.1. The Hall–Kier alpha value is -0.830. The maximum atomic E-state index is 10.1. The van der Waals surface area contributed by atoms with Crippen LogP contribution in [0.3, 0.4) is 0 Å². The smallest absolute Gasteiger partial charge is 0.115 e. The Morgan fingerprint density at radius 2 is 1.87 bits per heavy atom. The summed E-state index contributed by atoms with van der Waals surface area (Å²) in [6.45, 7) is 2.02. The molecule has 2 aromatic rings. The fraction of sp³-hybridized carbons (Fsp3) is 0.167. The molecule has 2 rings (SSSR count). The van der Waals surface area contributed by atoms with Crippen LogP contribution in [0.25, 0.3) is 0 Å². The molecule has 1 heterocycles. The van der Waals surface area contributed by atoms with E-state index in [-0.39, 0.29) is 0 Å². The van der Waals surface area contributed by atoms with Gasteiger partial charge >= 0.3 is 0 Å². The number of thiophene rings is 1. The van der Waals surface area contributed by atoms with Crippen molar-refractivity contribution < 1.29 is 5.11 Å². The first-order valence-electron chi connectivity index (χ1n) is 4.66. The average molecular weight is 239 g/mol. The van der Waals surface area contributed by atoms with Gasteiger partial charge in [-0.2, -0.15) is 0 Å². The van der Waals surface area contributed by atoms with Crippen molar-refractivity contribution in [3.05, 3.63) is 56.7 Å². The highest BCUT2D eigenvalue weighted by atomic mass is 35.5. The fourth-order valence-electron chi connectivity index (χ4n) is 1.40. The van der Waals surface area contributed by atoms with Gasteiger partial charge in [-0.15, -0.1) is 11.3 Å². The number of rotatable bonds is 2. The van der Waals surface area contributed by atoms with Gasteiger partial charge in [-0.1, -0.05) is 41.4 Å². The van der Waals surface area contributed by atoms with Gasteiger partial charge in [-0.3, -0.25) is 0 Å². The Balaban J connectivity index is 2.32. The van der Waals surface area contributed by atoms with Crippen LogP contribution in [0.15, 0.2) is 35.7 Å². The van der Waals surface area contributed by atoms with Gasteiger partial charge in [0, 0.05) is 0 Å². The maximum Gasteiger partial charge on any atom is 0.115 e. The molecule has 1 N–H and O–H groups in total. The van der Waals surface area contributed by atoms with Crippen molar-refractivity contribution in [1.29, 1.82) is 0 Å². The van der Waals surface area contributed by atoms with Gasteiger partial charge in [-0.25, -0.2) is 0 Å². The molecular formula is C12H11ClOS. The zero-order valence-corrected chi connectivity index (χ0v) is 9.85. The van der Waals surface area contributed by atoms with Gasteiger partial charge in [-0.05, 0) is 23.9 Å². The molecule has 3 heteroatoms. The topological polar surface area (TPSA) is 20.2 Å².